The number of hydrogen-bond acceptors (Lipinski definition) is 4. The topological polar surface area (TPSA) is 78.4 Å². The SMILES string of the molecule is COc1c([N+](=O)[O-])ccc(N)c1C. The van der Waals surface area contributed by atoms with Gasteiger partial charge in [-0.3, -0.25) is 10.1 Å². The van der Waals surface area contributed by atoms with E-state index in [1.807, 2.05) is 0 Å². The van der Waals surface area contributed by atoms with Crippen LogP contribution < -0.4 is 10.5 Å². The van der Waals surface area contributed by atoms with Gasteiger partial charge in [0.05, 0.1) is 12.0 Å². The number of nitrogens with two attached hydrogens (primary N) is 1. The predicted octanol–water partition coefficient (Wildman–Crippen LogP) is 1.49. The Morgan fingerprint density at radius 2 is 2.15 bits per heavy atom. The van der Waals surface area contributed by atoms with Crippen LogP contribution in [-0.2, 0) is 0 Å². The van der Waals surface area contributed by atoms with Crippen molar-refractivity contribution in [3.05, 3.63) is 27.8 Å². The molecule has 0 amide bonds. The Balaban J connectivity index is 3.38. The Morgan fingerprint density at radius 3 is 2.62 bits per heavy atom. The van der Waals surface area contributed by atoms with Crippen molar-refractivity contribution in [1.82, 2.24) is 0 Å². The van der Waals surface area contributed by atoms with Gasteiger partial charge < -0.3 is 10.5 Å². The molecule has 0 spiro atoms. The molecule has 1 rings (SSSR count). The van der Waals surface area contributed by atoms with Crippen LogP contribution in [0, 0.1) is 17.0 Å². The number of nitro benzene ring substituents is 1. The molecule has 0 aliphatic heterocycles. The molecule has 0 atom stereocenters. The fourth-order valence-electron chi connectivity index (χ4n) is 1.09. The minimum Gasteiger partial charge on any atom is -0.490 e. The van der Waals surface area contributed by atoms with Gasteiger partial charge in [0.1, 0.15) is 0 Å². The van der Waals surface area contributed by atoms with Crippen molar-refractivity contribution in [2.45, 2.75) is 6.92 Å². The van der Waals surface area contributed by atoms with Gasteiger partial charge in [-0.2, -0.15) is 0 Å². The highest BCUT2D eigenvalue weighted by atomic mass is 16.6. The van der Waals surface area contributed by atoms with E-state index in [1.165, 1.54) is 19.2 Å². The van der Waals surface area contributed by atoms with E-state index in [-0.39, 0.29) is 11.4 Å². The second-order valence-electron chi connectivity index (χ2n) is 2.59. The second-order valence-corrected chi connectivity index (χ2v) is 2.59. The summed E-state index contributed by atoms with van der Waals surface area (Å²) in [6, 6.07) is 2.83. The summed E-state index contributed by atoms with van der Waals surface area (Å²) in [7, 11) is 1.38. The first-order chi connectivity index (χ1) is 6.07. The normalized spacial score (nSPS) is 9.69. The van der Waals surface area contributed by atoms with Gasteiger partial charge in [0.15, 0.2) is 0 Å². The number of methoxy groups -OCH3 is 1. The summed E-state index contributed by atoms with van der Waals surface area (Å²) >= 11 is 0. The number of hydrogen-bond donors (Lipinski definition) is 1. The number of anilines is 1. The molecule has 5 heteroatoms. The quantitative estimate of drug-likeness (QED) is 0.427. The average Bonchev–Trinajstić information content (AvgIpc) is 2.09. The van der Waals surface area contributed by atoms with Gasteiger partial charge in [-0.1, -0.05) is 0 Å². The van der Waals surface area contributed by atoms with Crippen LogP contribution in [0.2, 0.25) is 0 Å². The number of benzene rings is 1. The highest BCUT2D eigenvalue weighted by Crippen LogP contribution is 2.33. The number of rotatable bonds is 2. The third-order valence-corrected chi connectivity index (χ3v) is 1.83. The maximum atomic E-state index is 10.5. The van der Waals surface area contributed by atoms with E-state index < -0.39 is 4.92 Å². The molecule has 0 saturated heterocycles. The molecule has 0 radical (unpaired) electrons. The van der Waals surface area contributed by atoms with Crippen molar-refractivity contribution in [3.8, 4) is 5.75 Å². The minimum absolute atomic E-state index is 0.0609. The molecule has 0 aliphatic carbocycles. The van der Waals surface area contributed by atoms with Crippen LogP contribution in [0.5, 0.6) is 5.75 Å². The van der Waals surface area contributed by atoms with E-state index in [4.69, 9.17) is 10.5 Å². The Kier molecular flexibility index (Phi) is 2.36. The van der Waals surface area contributed by atoms with E-state index >= 15 is 0 Å². The fourth-order valence-corrected chi connectivity index (χ4v) is 1.09. The average molecular weight is 182 g/mol. The molecule has 1 aromatic carbocycles. The van der Waals surface area contributed by atoms with Gasteiger partial charge in [-0.15, -0.1) is 0 Å². The van der Waals surface area contributed by atoms with Crippen molar-refractivity contribution in [3.63, 3.8) is 0 Å². The monoisotopic (exact) mass is 182 g/mol. The molecule has 0 saturated carbocycles. The van der Waals surface area contributed by atoms with Gasteiger partial charge in [-0.05, 0) is 13.0 Å². The Bertz CT molecular complexity index is 349. The summed E-state index contributed by atoms with van der Waals surface area (Å²) in [6.07, 6.45) is 0. The van der Waals surface area contributed by atoms with Crippen LogP contribution in [0.25, 0.3) is 0 Å². The molecule has 0 unspecified atom stereocenters. The summed E-state index contributed by atoms with van der Waals surface area (Å²) in [5, 5.41) is 10.5. The molecular weight excluding hydrogens is 172 g/mol. The van der Waals surface area contributed by atoms with E-state index in [2.05, 4.69) is 0 Å². The molecule has 0 bridgehead atoms. The zero-order valence-electron chi connectivity index (χ0n) is 7.40. The van der Waals surface area contributed by atoms with Crippen LogP contribution in [0.15, 0.2) is 12.1 Å². The minimum atomic E-state index is -0.495. The Labute approximate surface area is 75.3 Å². The molecule has 0 fully saturated rings. The molecule has 0 heterocycles. The van der Waals surface area contributed by atoms with Gasteiger partial charge >= 0.3 is 5.69 Å². The van der Waals surface area contributed by atoms with Crippen molar-refractivity contribution in [1.29, 1.82) is 0 Å². The van der Waals surface area contributed by atoms with Gasteiger partial charge in [0, 0.05) is 17.3 Å². The van der Waals surface area contributed by atoms with Crippen molar-refractivity contribution in [2.24, 2.45) is 0 Å². The smallest absolute Gasteiger partial charge is 0.311 e. The molecule has 0 aliphatic rings. The number of nitrogen functional groups attached to an aromatic ring is 1. The third kappa shape index (κ3) is 1.53. The van der Waals surface area contributed by atoms with Gasteiger partial charge in [0.2, 0.25) is 5.75 Å². The lowest BCUT2D eigenvalue weighted by molar-refractivity contribution is -0.385. The summed E-state index contributed by atoms with van der Waals surface area (Å²) in [6.45, 7) is 1.68. The zero-order valence-corrected chi connectivity index (χ0v) is 7.40. The summed E-state index contributed by atoms with van der Waals surface area (Å²) in [5.74, 6) is 0.227. The summed E-state index contributed by atoms with van der Waals surface area (Å²) in [4.78, 5) is 10.0. The standard InChI is InChI=1S/C8H10N2O3/c1-5-6(9)3-4-7(10(11)12)8(5)13-2/h3-4H,9H2,1-2H3. The zero-order chi connectivity index (χ0) is 10.0. The van der Waals surface area contributed by atoms with E-state index in [1.54, 1.807) is 6.92 Å². The molecule has 5 nitrogen and oxygen atoms in total. The number of ether oxygens (including phenoxy) is 1. The molecule has 2 N–H and O–H groups in total. The highest BCUT2D eigenvalue weighted by Gasteiger charge is 2.17. The van der Waals surface area contributed by atoms with Crippen LogP contribution >= 0.6 is 0 Å². The first-order valence-electron chi connectivity index (χ1n) is 3.65. The molecule has 13 heavy (non-hydrogen) atoms. The van der Waals surface area contributed by atoms with Gasteiger partial charge in [-0.25, -0.2) is 0 Å². The largest absolute Gasteiger partial charge is 0.490 e. The highest BCUT2D eigenvalue weighted by molar-refractivity contribution is 5.62. The van der Waals surface area contributed by atoms with Crippen LogP contribution in [0.3, 0.4) is 0 Å². The first-order valence-corrected chi connectivity index (χ1v) is 3.65. The lowest BCUT2D eigenvalue weighted by Gasteiger charge is -2.06. The molecule has 0 aromatic heterocycles. The van der Waals surface area contributed by atoms with E-state index in [0.29, 0.717) is 11.3 Å². The molecular formula is C8H10N2O3. The lowest BCUT2D eigenvalue weighted by atomic mass is 10.1. The van der Waals surface area contributed by atoms with Crippen molar-refractivity contribution >= 4 is 11.4 Å². The maximum Gasteiger partial charge on any atom is 0.311 e. The predicted molar refractivity (Wildman–Crippen MR) is 48.8 cm³/mol. The van der Waals surface area contributed by atoms with E-state index in [0.717, 1.165) is 0 Å². The fraction of sp³-hybridized carbons (Fsp3) is 0.250. The van der Waals surface area contributed by atoms with Gasteiger partial charge in [0.25, 0.3) is 0 Å². The summed E-state index contributed by atoms with van der Waals surface area (Å²) < 4.78 is 4.90. The third-order valence-electron chi connectivity index (χ3n) is 1.83. The Hall–Kier alpha value is -1.78. The maximum absolute atomic E-state index is 10.5. The Morgan fingerprint density at radius 1 is 1.54 bits per heavy atom. The lowest BCUT2D eigenvalue weighted by Crippen LogP contribution is -1.98. The molecule has 70 valence electrons. The van der Waals surface area contributed by atoms with Crippen LogP contribution in [-0.4, -0.2) is 12.0 Å². The van der Waals surface area contributed by atoms with Crippen molar-refractivity contribution < 1.29 is 9.66 Å². The molecule has 1 aromatic rings. The van der Waals surface area contributed by atoms with Crippen LogP contribution in [0.1, 0.15) is 5.56 Å². The number of nitrogens with zero attached hydrogens (tertiary/aromatic N) is 1. The number of nitro groups is 1. The van der Waals surface area contributed by atoms with Crippen molar-refractivity contribution in [2.75, 3.05) is 12.8 Å². The van der Waals surface area contributed by atoms with Crippen LogP contribution in [0.4, 0.5) is 11.4 Å². The first kappa shape index (κ1) is 9.31. The summed E-state index contributed by atoms with van der Waals surface area (Å²) in [5.41, 5.74) is 6.58. The van der Waals surface area contributed by atoms with E-state index in [9.17, 15) is 10.1 Å². The second kappa shape index (κ2) is 3.30.